The molecule has 0 aliphatic carbocycles. The standard InChI is InChI=1S/C14H26O2.C6H9NO.C5H8O2.C4H6O2/c1-12(2)10-8-6-4-5-7-9-11-13(3)14(15)16;1-2-7-5-3-4-6(7)8;1-4(2)5(6)7-3;1-3(2)4(5)6/h12H,3-11H2,1-2H3,(H,15,16);2H,1,3-5H2;1H2,2-3H3;1H2,2H3,(H,5,6). The number of unbranched alkanes of at least 4 members (excludes halogenated alkanes) is 5. The molecule has 8 heteroatoms. The Hall–Kier alpha value is -3.16. The third-order valence-electron chi connectivity index (χ3n) is 5.04. The van der Waals surface area contributed by atoms with Crippen molar-refractivity contribution in [1.82, 2.24) is 4.90 Å². The van der Waals surface area contributed by atoms with Crippen LogP contribution in [0.2, 0.25) is 0 Å². The van der Waals surface area contributed by atoms with E-state index in [2.05, 4.69) is 44.9 Å². The summed E-state index contributed by atoms with van der Waals surface area (Å²) < 4.78 is 4.27. The van der Waals surface area contributed by atoms with Crippen LogP contribution in [0.15, 0.2) is 49.2 Å². The molecule has 0 spiro atoms. The molecular weight excluding hydrogens is 474 g/mol. The van der Waals surface area contributed by atoms with E-state index >= 15 is 0 Å². The van der Waals surface area contributed by atoms with Gasteiger partial charge in [0.2, 0.25) is 5.91 Å². The number of carbonyl (C=O) groups excluding carboxylic acids is 2. The van der Waals surface area contributed by atoms with Crippen LogP contribution in [0.3, 0.4) is 0 Å². The second-order valence-corrected chi connectivity index (χ2v) is 9.19. The number of esters is 1. The Balaban J connectivity index is -0.000000459. The van der Waals surface area contributed by atoms with E-state index in [4.69, 9.17) is 10.2 Å². The molecule has 8 nitrogen and oxygen atoms in total. The Labute approximate surface area is 223 Å². The molecule has 1 aliphatic heterocycles. The van der Waals surface area contributed by atoms with Crippen molar-refractivity contribution in [1.29, 1.82) is 0 Å². The van der Waals surface area contributed by atoms with E-state index in [1.165, 1.54) is 46.1 Å². The molecule has 1 fully saturated rings. The quantitative estimate of drug-likeness (QED) is 0.160. The lowest BCUT2D eigenvalue weighted by Crippen LogP contribution is -2.16. The number of carboxylic acids is 2. The van der Waals surface area contributed by atoms with Crippen LogP contribution in [0.4, 0.5) is 0 Å². The first-order valence-electron chi connectivity index (χ1n) is 12.7. The van der Waals surface area contributed by atoms with Crippen molar-refractivity contribution < 1.29 is 34.1 Å². The molecule has 1 saturated heterocycles. The molecule has 0 radical (unpaired) electrons. The van der Waals surface area contributed by atoms with Crippen molar-refractivity contribution in [2.75, 3.05) is 13.7 Å². The van der Waals surface area contributed by atoms with Gasteiger partial charge in [0.1, 0.15) is 0 Å². The number of carbonyl (C=O) groups is 4. The number of rotatable bonds is 13. The monoisotopic (exact) mass is 523 g/mol. The third kappa shape index (κ3) is 27.3. The molecule has 0 aromatic heterocycles. The van der Waals surface area contributed by atoms with E-state index in [1.54, 1.807) is 18.0 Å². The Morgan fingerprint density at radius 2 is 1.43 bits per heavy atom. The van der Waals surface area contributed by atoms with Gasteiger partial charge in [0, 0.05) is 29.7 Å². The minimum atomic E-state index is -0.935. The lowest BCUT2D eigenvalue weighted by Gasteiger charge is -2.05. The average Bonchev–Trinajstić information content (AvgIpc) is 3.25. The summed E-state index contributed by atoms with van der Waals surface area (Å²) in [5.41, 5.74) is 0.956. The van der Waals surface area contributed by atoms with Crippen molar-refractivity contribution in [2.24, 2.45) is 5.92 Å². The number of carboxylic acid groups (broad SMARTS) is 2. The summed E-state index contributed by atoms with van der Waals surface area (Å²) in [5.74, 6) is -1.11. The first-order valence-corrected chi connectivity index (χ1v) is 12.7. The molecule has 1 rings (SSSR count). The summed E-state index contributed by atoms with van der Waals surface area (Å²) in [4.78, 5) is 42.6. The molecule has 0 unspecified atom stereocenters. The summed E-state index contributed by atoms with van der Waals surface area (Å²) in [6, 6.07) is 0. The zero-order valence-electron chi connectivity index (χ0n) is 23.6. The molecule has 0 bridgehead atoms. The van der Waals surface area contributed by atoms with E-state index in [1.807, 2.05) is 0 Å². The minimum absolute atomic E-state index is 0.176. The summed E-state index contributed by atoms with van der Waals surface area (Å²) in [7, 11) is 1.33. The van der Waals surface area contributed by atoms with Crippen molar-refractivity contribution in [3.05, 3.63) is 49.2 Å². The van der Waals surface area contributed by atoms with Gasteiger partial charge in [-0.2, -0.15) is 0 Å². The van der Waals surface area contributed by atoms with Gasteiger partial charge < -0.3 is 19.8 Å². The highest BCUT2D eigenvalue weighted by molar-refractivity contribution is 5.86. The first kappa shape index (κ1) is 38.4. The number of methoxy groups -OCH3 is 1. The van der Waals surface area contributed by atoms with Crippen LogP contribution in [-0.2, 0) is 23.9 Å². The van der Waals surface area contributed by atoms with Crippen LogP contribution in [0, 0.1) is 5.92 Å². The van der Waals surface area contributed by atoms with E-state index < -0.39 is 11.9 Å². The Morgan fingerprint density at radius 3 is 1.70 bits per heavy atom. The normalized spacial score (nSPS) is 11.5. The van der Waals surface area contributed by atoms with Crippen molar-refractivity contribution in [3.8, 4) is 0 Å². The molecule has 1 amide bonds. The Morgan fingerprint density at radius 1 is 0.946 bits per heavy atom. The minimum Gasteiger partial charge on any atom is -0.478 e. The summed E-state index contributed by atoms with van der Waals surface area (Å²) in [5, 5.41) is 16.5. The Bertz CT molecular complexity index is 741. The maximum Gasteiger partial charge on any atom is 0.332 e. The largest absolute Gasteiger partial charge is 0.478 e. The van der Waals surface area contributed by atoms with Crippen molar-refractivity contribution in [2.45, 2.75) is 91.9 Å². The molecule has 212 valence electrons. The maximum atomic E-state index is 10.7. The number of hydrogen-bond donors (Lipinski definition) is 2. The fourth-order valence-electron chi connectivity index (χ4n) is 2.74. The zero-order valence-corrected chi connectivity index (χ0v) is 23.6. The summed E-state index contributed by atoms with van der Waals surface area (Å²) in [6.45, 7) is 22.0. The highest BCUT2D eigenvalue weighted by atomic mass is 16.5. The number of amides is 1. The third-order valence-corrected chi connectivity index (χ3v) is 5.04. The van der Waals surface area contributed by atoms with Crippen molar-refractivity contribution in [3.63, 3.8) is 0 Å². The number of ether oxygens (including phenoxy) is 1. The molecule has 0 aromatic carbocycles. The Kier molecular flexibility index (Phi) is 25.4. The van der Waals surface area contributed by atoms with Crippen LogP contribution < -0.4 is 0 Å². The van der Waals surface area contributed by atoms with E-state index in [-0.39, 0.29) is 17.4 Å². The SMILES string of the molecule is C=C(C)C(=O)O.C=C(C)C(=O)OC.C=C(CCCCCCCCC(C)C)C(=O)O.C=CN1CCCC1=O. The van der Waals surface area contributed by atoms with Gasteiger partial charge in [0.25, 0.3) is 0 Å². The number of aliphatic carboxylic acids is 2. The molecule has 1 heterocycles. The van der Waals surface area contributed by atoms with Crippen LogP contribution in [0.5, 0.6) is 0 Å². The zero-order chi connectivity index (χ0) is 29.4. The first-order chi connectivity index (χ1) is 17.2. The van der Waals surface area contributed by atoms with Crippen LogP contribution in [0.25, 0.3) is 0 Å². The topological polar surface area (TPSA) is 121 Å². The van der Waals surface area contributed by atoms with Gasteiger partial charge in [-0.3, -0.25) is 4.79 Å². The maximum absolute atomic E-state index is 10.7. The second kappa shape index (κ2) is 24.5. The van der Waals surface area contributed by atoms with Gasteiger partial charge in [-0.05, 0) is 45.2 Å². The average molecular weight is 524 g/mol. The van der Waals surface area contributed by atoms with Gasteiger partial charge in [-0.1, -0.05) is 78.7 Å². The number of hydrogen-bond acceptors (Lipinski definition) is 5. The predicted molar refractivity (Wildman–Crippen MR) is 149 cm³/mol. The lowest BCUT2D eigenvalue weighted by molar-refractivity contribution is -0.136. The number of likely N-dealkylation sites (tertiary alicyclic amines) is 1. The van der Waals surface area contributed by atoms with Crippen LogP contribution in [-0.4, -0.2) is 52.6 Å². The van der Waals surface area contributed by atoms with Crippen molar-refractivity contribution >= 4 is 23.8 Å². The molecular formula is C29H49NO7. The molecule has 0 saturated carbocycles. The van der Waals surface area contributed by atoms with Gasteiger partial charge in [-0.25, -0.2) is 14.4 Å². The molecule has 37 heavy (non-hydrogen) atoms. The predicted octanol–water partition coefficient (Wildman–Crippen LogP) is 6.54. The number of nitrogens with zero attached hydrogens (tertiary/aromatic N) is 1. The van der Waals surface area contributed by atoms with Gasteiger partial charge in [0.05, 0.1) is 7.11 Å². The highest BCUT2D eigenvalue weighted by Gasteiger charge is 2.16. The van der Waals surface area contributed by atoms with E-state index in [0.717, 1.165) is 31.7 Å². The van der Waals surface area contributed by atoms with Crippen LogP contribution >= 0.6 is 0 Å². The molecule has 0 aromatic rings. The van der Waals surface area contributed by atoms with Gasteiger partial charge in [-0.15, -0.1) is 0 Å². The van der Waals surface area contributed by atoms with E-state index in [0.29, 0.717) is 24.0 Å². The van der Waals surface area contributed by atoms with Gasteiger partial charge in [0.15, 0.2) is 0 Å². The van der Waals surface area contributed by atoms with Gasteiger partial charge >= 0.3 is 17.9 Å². The summed E-state index contributed by atoms with van der Waals surface area (Å²) >= 11 is 0. The molecule has 2 N–H and O–H groups in total. The fraction of sp³-hybridized carbons (Fsp3) is 0.586. The summed E-state index contributed by atoms with van der Waals surface area (Å²) in [6.07, 6.45) is 12.5. The fourth-order valence-corrected chi connectivity index (χ4v) is 2.74. The molecule has 1 aliphatic rings. The highest BCUT2D eigenvalue weighted by Crippen LogP contribution is 2.13. The smallest absolute Gasteiger partial charge is 0.332 e. The van der Waals surface area contributed by atoms with Crippen LogP contribution in [0.1, 0.15) is 91.9 Å². The molecule has 0 atom stereocenters. The van der Waals surface area contributed by atoms with E-state index in [9.17, 15) is 19.2 Å². The lowest BCUT2D eigenvalue weighted by atomic mass is 10.0. The second-order valence-electron chi connectivity index (χ2n) is 9.19.